The molecule has 1 unspecified atom stereocenters. The van der Waals surface area contributed by atoms with Crippen LogP contribution in [0.25, 0.3) is 0 Å². The van der Waals surface area contributed by atoms with Crippen LogP contribution in [-0.2, 0) is 13.8 Å². The summed E-state index contributed by atoms with van der Waals surface area (Å²) in [6.07, 6.45) is -0.544. The molecule has 1 N–H and O–H groups in total. The summed E-state index contributed by atoms with van der Waals surface area (Å²) in [5, 5.41) is 0. The fourth-order valence-electron chi connectivity index (χ4n) is 1.79. The Bertz CT molecular complexity index is 564. The third kappa shape index (κ3) is 8.28. The van der Waals surface area contributed by atoms with E-state index >= 15 is 0 Å². The predicted octanol–water partition coefficient (Wildman–Crippen LogP) is 3.29. The SMILES string of the molecule is CCOP(=O)(O)CC(=O)c1cccc(OCCOC(C)(C)C)c1. The fraction of sp³-hybridized carbons (Fsp3) is 0.562. The molecule has 0 radical (unpaired) electrons. The molecule has 6 nitrogen and oxygen atoms in total. The molecule has 0 amide bonds. The summed E-state index contributed by atoms with van der Waals surface area (Å²) in [4.78, 5) is 21.6. The molecule has 1 aromatic carbocycles. The highest BCUT2D eigenvalue weighted by Crippen LogP contribution is 2.42. The lowest BCUT2D eigenvalue weighted by molar-refractivity contribution is -0.0163. The number of Topliss-reactive ketones (excluding diaryl/α,β-unsaturated/α-hetero) is 1. The van der Waals surface area contributed by atoms with E-state index in [1.165, 1.54) is 0 Å². The van der Waals surface area contributed by atoms with E-state index in [1.54, 1.807) is 31.2 Å². The zero-order valence-corrected chi connectivity index (χ0v) is 15.0. The first-order valence-corrected chi connectivity index (χ1v) is 9.25. The molecule has 1 aromatic rings. The van der Waals surface area contributed by atoms with Crippen molar-refractivity contribution in [1.82, 2.24) is 0 Å². The van der Waals surface area contributed by atoms with Gasteiger partial charge in [0.15, 0.2) is 5.78 Å². The molecule has 0 saturated heterocycles. The molecule has 1 rings (SSSR count). The molecule has 0 spiro atoms. The van der Waals surface area contributed by atoms with Crippen molar-refractivity contribution in [2.75, 3.05) is 26.0 Å². The summed E-state index contributed by atoms with van der Waals surface area (Å²) in [5.74, 6) is 0.0539. The van der Waals surface area contributed by atoms with Gasteiger partial charge in [0.25, 0.3) is 0 Å². The number of rotatable bonds is 9. The van der Waals surface area contributed by atoms with Crippen LogP contribution in [0.4, 0.5) is 0 Å². The Morgan fingerprint density at radius 2 is 1.96 bits per heavy atom. The second kappa shape index (κ2) is 8.60. The minimum Gasteiger partial charge on any atom is -0.491 e. The van der Waals surface area contributed by atoms with Crippen molar-refractivity contribution in [3.8, 4) is 5.75 Å². The van der Waals surface area contributed by atoms with Gasteiger partial charge in [-0.25, -0.2) is 0 Å². The van der Waals surface area contributed by atoms with Crippen LogP contribution >= 0.6 is 7.60 Å². The van der Waals surface area contributed by atoms with Crippen molar-refractivity contribution in [3.05, 3.63) is 29.8 Å². The Hall–Kier alpha value is -1.20. The first-order valence-electron chi connectivity index (χ1n) is 7.49. The van der Waals surface area contributed by atoms with E-state index in [0.717, 1.165) is 0 Å². The van der Waals surface area contributed by atoms with Crippen LogP contribution in [0.15, 0.2) is 24.3 Å². The van der Waals surface area contributed by atoms with E-state index in [-0.39, 0.29) is 12.2 Å². The lowest BCUT2D eigenvalue weighted by Gasteiger charge is -2.19. The van der Waals surface area contributed by atoms with Crippen LogP contribution in [0.1, 0.15) is 38.1 Å². The van der Waals surface area contributed by atoms with Crippen LogP contribution in [0.5, 0.6) is 5.75 Å². The molecule has 130 valence electrons. The van der Waals surface area contributed by atoms with Gasteiger partial charge in [-0.1, -0.05) is 12.1 Å². The van der Waals surface area contributed by atoms with Gasteiger partial charge in [0.1, 0.15) is 18.5 Å². The van der Waals surface area contributed by atoms with Crippen LogP contribution in [0.2, 0.25) is 0 Å². The number of ketones is 1. The average Bonchev–Trinajstić information content (AvgIpc) is 2.42. The quantitative estimate of drug-likeness (QED) is 0.420. The molecule has 0 aromatic heterocycles. The highest BCUT2D eigenvalue weighted by molar-refractivity contribution is 7.53. The molecular formula is C16H25O6P. The first-order chi connectivity index (χ1) is 10.6. The average molecular weight is 344 g/mol. The standard InChI is InChI=1S/C16H25O6P/c1-5-22-23(18,19)12-15(17)13-7-6-8-14(11-13)20-9-10-21-16(2,3)4/h6-8,11H,5,9-10,12H2,1-4H3,(H,18,19). The van der Waals surface area contributed by atoms with E-state index in [4.69, 9.17) is 14.0 Å². The van der Waals surface area contributed by atoms with Gasteiger partial charge in [-0.3, -0.25) is 9.36 Å². The Balaban J connectivity index is 2.59. The van der Waals surface area contributed by atoms with E-state index < -0.39 is 19.5 Å². The van der Waals surface area contributed by atoms with E-state index in [9.17, 15) is 14.3 Å². The summed E-state index contributed by atoms with van der Waals surface area (Å²) < 4.78 is 27.4. The molecule has 0 bridgehead atoms. The van der Waals surface area contributed by atoms with Crippen LogP contribution < -0.4 is 4.74 Å². The fourth-order valence-corrected chi connectivity index (χ4v) is 2.83. The van der Waals surface area contributed by atoms with Crippen molar-refractivity contribution in [2.24, 2.45) is 0 Å². The molecule has 23 heavy (non-hydrogen) atoms. The summed E-state index contributed by atoms with van der Waals surface area (Å²) >= 11 is 0. The molecule has 0 saturated carbocycles. The third-order valence-corrected chi connectivity index (χ3v) is 4.07. The highest BCUT2D eigenvalue weighted by atomic mass is 31.2. The summed E-state index contributed by atoms with van der Waals surface area (Å²) in [7, 11) is -3.88. The lowest BCUT2D eigenvalue weighted by atomic mass is 10.1. The van der Waals surface area contributed by atoms with Crippen molar-refractivity contribution in [1.29, 1.82) is 0 Å². The summed E-state index contributed by atoms with van der Waals surface area (Å²) in [6, 6.07) is 6.50. The molecule has 1 atom stereocenters. The van der Waals surface area contributed by atoms with E-state index in [0.29, 0.717) is 24.5 Å². The Morgan fingerprint density at radius 3 is 2.57 bits per heavy atom. The van der Waals surface area contributed by atoms with E-state index in [1.807, 2.05) is 20.8 Å². The normalized spacial score (nSPS) is 14.3. The Labute approximate surface area is 137 Å². The maximum absolute atomic E-state index is 12.1. The Morgan fingerprint density at radius 1 is 1.26 bits per heavy atom. The molecular weight excluding hydrogens is 319 g/mol. The molecule has 0 aliphatic heterocycles. The predicted molar refractivity (Wildman–Crippen MR) is 88.3 cm³/mol. The largest absolute Gasteiger partial charge is 0.491 e. The number of hydrogen-bond acceptors (Lipinski definition) is 5. The van der Waals surface area contributed by atoms with Crippen LogP contribution in [0.3, 0.4) is 0 Å². The number of ether oxygens (including phenoxy) is 2. The maximum Gasteiger partial charge on any atom is 0.335 e. The van der Waals surface area contributed by atoms with Gasteiger partial charge in [-0.15, -0.1) is 0 Å². The van der Waals surface area contributed by atoms with E-state index in [2.05, 4.69) is 0 Å². The second-order valence-corrected chi connectivity index (χ2v) is 7.82. The minimum absolute atomic E-state index is 0.0813. The Kier molecular flexibility index (Phi) is 7.42. The summed E-state index contributed by atoms with van der Waals surface area (Å²) in [6.45, 7) is 8.33. The number of benzene rings is 1. The smallest absolute Gasteiger partial charge is 0.335 e. The van der Waals surface area contributed by atoms with Crippen molar-refractivity contribution in [2.45, 2.75) is 33.3 Å². The zero-order valence-electron chi connectivity index (χ0n) is 14.1. The van der Waals surface area contributed by atoms with Crippen LogP contribution in [0, 0.1) is 0 Å². The van der Waals surface area contributed by atoms with Crippen molar-refractivity contribution < 1.29 is 28.3 Å². The van der Waals surface area contributed by atoms with Gasteiger partial charge < -0.3 is 18.9 Å². The van der Waals surface area contributed by atoms with Crippen molar-refractivity contribution in [3.63, 3.8) is 0 Å². The van der Waals surface area contributed by atoms with Crippen molar-refractivity contribution >= 4 is 13.4 Å². The van der Waals surface area contributed by atoms with Gasteiger partial charge in [-0.05, 0) is 39.8 Å². The van der Waals surface area contributed by atoms with Gasteiger partial charge in [0.05, 0.1) is 18.8 Å². The minimum atomic E-state index is -3.88. The van der Waals surface area contributed by atoms with Gasteiger partial charge in [0.2, 0.25) is 0 Å². The number of hydrogen-bond donors (Lipinski definition) is 1. The molecule has 7 heteroatoms. The second-order valence-electron chi connectivity index (χ2n) is 5.97. The molecule has 0 aliphatic carbocycles. The van der Waals surface area contributed by atoms with Crippen LogP contribution in [-0.4, -0.2) is 42.3 Å². The monoisotopic (exact) mass is 344 g/mol. The first kappa shape index (κ1) is 19.8. The number of carbonyl (C=O) groups is 1. The molecule has 0 heterocycles. The molecule has 0 fully saturated rings. The third-order valence-electron chi connectivity index (χ3n) is 2.72. The highest BCUT2D eigenvalue weighted by Gasteiger charge is 2.24. The topological polar surface area (TPSA) is 82.1 Å². The number of carbonyl (C=O) groups excluding carboxylic acids is 1. The summed E-state index contributed by atoms with van der Waals surface area (Å²) in [5.41, 5.74) is 0.0798. The van der Waals surface area contributed by atoms with Gasteiger partial charge >= 0.3 is 7.60 Å². The zero-order chi connectivity index (χ0) is 17.5. The lowest BCUT2D eigenvalue weighted by Crippen LogP contribution is -2.22. The molecule has 0 aliphatic rings. The maximum atomic E-state index is 12.1. The van der Waals surface area contributed by atoms with Gasteiger partial charge in [0, 0.05) is 5.56 Å². The van der Waals surface area contributed by atoms with Gasteiger partial charge in [-0.2, -0.15) is 0 Å².